The van der Waals surface area contributed by atoms with Crippen LogP contribution in [0.15, 0.2) is 0 Å². The SMILES string of the molecule is COCCC1(CNC(=O)C(C)CN)CCCC1. The Bertz CT molecular complexity index is 238. The van der Waals surface area contributed by atoms with Crippen molar-refractivity contribution < 1.29 is 9.53 Å². The van der Waals surface area contributed by atoms with Crippen molar-refractivity contribution in [2.75, 3.05) is 26.8 Å². The molecule has 0 aromatic carbocycles. The number of amides is 1. The van der Waals surface area contributed by atoms with E-state index in [2.05, 4.69) is 5.32 Å². The Balaban J connectivity index is 2.41. The molecule has 4 nitrogen and oxygen atoms in total. The predicted molar refractivity (Wildman–Crippen MR) is 68.6 cm³/mol. The molecule has 1 fully saturated rings. The van der Waals surface area contributed by atoms with Crippen LogP contribution in [0.4, 0.5) is 0 Å². The van der Waals surface area contributed by atoms with Gasteiger partial charge < -0.3 is 15.8 Å². The van der Waals surface area contributed by atoms with Crippen LogP contribution in [-0.4, -0.2) is 32.7 Å². The van der Waals surface area contributed by atoms with Crippen LogP contribution in [0.2, 0.25) is 0 Å². The third-order valence-electron chi connectivity index (χ3n) is 3.94. The van der Waals surface area contributed by atoms with Crippen molar-refractivity contribution in [2.24, 2.45) is 17.1 Å². The van der Waals surface area contributed by atoms with Crippen molar-refractivity contribution in [3.05, 3.63) is 0 Å². The van der Waals surface area contributed by atoms with Gasteiger partial charge in [0.05, 0.1) is 0 Å². The van der Waals surface area contributed by atoms with E-state index < -0.39 is 0 Å². The van der Waals surface area contributed by atoms with Gasteiger partial charge in [-0.15, -0.1) is 0 Å². The van der Waals surface area contributed by atoms with Gasteiger partial charge in [0.25, 0.3) is 0 Å². The average molecular weight is 242 g/mol. The molecule has 0 aliphatic heterocycles. The van der Waals surface area contributed by atoms with E-state index in [0.29, 0.717) is 6.54 Å². The molecular weight excluding hydrogens is 216 g/mol. The van der Waals surface area contributed by atoms with Crippen molar-refractivity contribution in [2.45, 2.75) is 39.0 Å². The number of nitrogens with one attached hydrogen (secondary N) is 1. The Hall–Kier alpha value is -0.610. The van der Waals surface area contributed by atoms with Crippen molar-refractivity contribution in [3.63, 3.8) is 0 Å². The highest BCUT2D eigenvalue weighted by molar-refractivity contribution is 5.78. The zero-order valence-corrected chi connectivity index (χ0v) is 11.1. The molecule has 0 heterocycles. The van der Waals surface area contributed by atoms with Crippen LogP contribution in [0.1, 0.15) is 39.0 Å². The Labute approximate surface area is 104 Å². The monoisotopic (exact) mass is 242 g/mol. The van der Waals surface area contributed by atoms with E-state index in [4.69, 9.17) is 10.5 Å². The van der Waals surface area contributed by atoms with Crippen LogP contribution >= 0.6 is 0 Å². The van der Waals surface area contributed by atoms with Crippen molar-refractivity contribution >= 4 is 5.91 Å². The highest BCUT2D eigenvalue weighted by atomic mass is 16.5. The third kappa shape index (κ3) is 4.28. The van der Waals surface area contributed by atoms with E-state index >= 15 is 0 Å². The first kappa shape index (κ1) is 14.5. The first-order chi connectivity index (χ1) is 8.13. The molecule has 1 aliphatic carbocycles. The maximum Gasteiger partial charge on any atom is 0.224 e. The number of hydrogen-bond donors (Lipinski definition) is 2. The molecule has 4 heteroatoms. The second-order valence-electron chi connectivity index (χ2n) is 5.30. The van der Waals surface area contributed by atoms with Crippen LogP contribution in [0.5, 0.6) is 0 Å². The summed E-state index contributed by atoms with van der Waals surface area (Å²) in [6, 6.07) is 0. The largest absolute Gasteiger partial charge is 0.385 e. The van der Waals surface area contributed by atoms with Crippen molar-refractivity contribution in [1.29, 1.82) is 0 Å². The molecule has 3 N–H and O–H groups in total. The molecule has 1 unspecified atom stereocenters. The minimum atomic E-state index is -0.0871. The van der Waals surface area contributed by atoms with Crippen molar-refractivity contribution in [3.8, 4) is 0 Å². The molecule has 1 atom stereocenters. The van der Waals surface area contributed by atoms with Gasteiger partial charge in [-0.3, -0.25) is 4.79 Å². The normalized spacial score (nSPS) is 20.2. The summed E-state index contributed by atoms with van der Waals surface area (Å²) in [6.45, 7) is 3.84. The molecule has 1 amide bonds. The summed E-state index contributed by atoms with van der Waals surface area (Å²) in [5.74, 6) is -0.00734. The van der Waals surface area contributed by atoms with Crippen LogP contribution in [0.25, 0.3) is 0 Å². The molecule has 0 aromatic rings. The summed E-state index contributed by atoms with van der Waals surface area (Å²) in [4.78, 5) is 11.7. The minimum Gasteiger partial charge on any atom is -0.385 e. The van der Waals surface area contributed by atoms with E-state index in [-0.39, 0.29) is 17.2 Å². The summed E-state index contributed by atoms with van der Waals surface area (Å²) in [6.07, 6.45) is 5.99. The molecule has 0 spiro atoms. The number of hydrogen-bond acceptors (Lipinski definition) is 3. The zero-order valence-electron chi connectivity index (χ0n) is 11.1. The molecule has 1 rings (SSSR count). The Morgan fingerprint density at radius 1 is 1.47 bits per heavy atom. The number of nitrogens with two attached hydrogens (primary N) is 1. The average Bonchev–Trinajstić information content (AvgIpc) is 2.82. The Morgan fingerprint density at radius 3 is 2.65 bits per heavy atom. The van der Waals surface area contributed by atoms with Gasteiger partial charge in [0.1, 0.15) is 0 Å². The second kappa shape index (κ2) is 6.97. The smallest absolute Gasteiger partial charge is 0.224 e. The third-order valence-corrected chi connectivity index (χ3v) is 3.94. The molecule has 1 aliphatic rings. The second-order valence-corrected chi connectivity index (χ2v) is 5.30. The maximum atomic E-state index is 11.7. The number of rotatable bonds is 7. The maximum absolute atomic E-state index is 11.7. The lowest BCUT2D eigenvalue weighted by atomic mass is 9.83. The van der Waals surface area contributed by atoms with Crippen LogP contribution < -0.4 is 11.1 Å². The summed E-state index contributed by atoms with van der Waals surface area (Å²) in [5.41, 5.74) is 5.75. The lowest BCUT2D eigenvalue weighted by Gasteiger charge is -2.29. The van der Waals surface area contributed by atoms with Gasteiger partial charge in [-0.2, -0.15) is 0 Å². The van der Waals surface area contributed by atoms with E-state index in [0.717, 1.165) is 19.6 Å². The molecule has 0 saturated heterocycles. The first-order valence-electron chi connectivity index (χ1n) is 6.60. The summed E-state index contributed by atoms with van der Waals surface area (Å²) in [5, 5.41) is 3.05. The highest BCUT2D eigenvalue weighted by Crippen LogP contribution is 2.40. The van der Waals surface area contributed by atoms with E-state index in [1.54, 1.807) is 7.11 Å². The molecule has 100 valence electrons. The number of carbonyl (C=O) groups is 1. The predicted octanol–water partition coefficient (Wildman–Crippen LogP) is 1.29. The van der Waals surface area contributed by atoms with E-state index in [9.17, 15) is 4.79 Å². The van der Waals surface area contributed by atoms with Gasteiger partial charge in [-0.1, -0.05) is 19.8 Å². The van der Waals surface area contributed by atoms with Gasteiger partial charge >= 0.3 is 0 Å². The van der Waals surface area contributed by atoms with E-state index in [1.807, 2.05) is 6.92 Å². The fraction of sp³-hybridized carbons (Fsp3) is 0.923. The molecule has 1 saturated carbocycles. The number of methoxy groups -OCH3 is 1. The van der Waals surface area contributed by atoms with Gasteiger partial charge in [0, 0.05) is 32.7 Å². The summed E-state index contributed by atoms with van der Waals surface area (Å²) in [7, 11) is 1.73. The topological polar surface area (TPSA) is 64.3 Å². The molecule has 0 radical (unpaired) electrons. The van der Waals surface area contributed by atoms with Gasteiger partial charge in [0.2, 0.25) is 5.91 Å². The minimum absolute atomic E-state index is 0.0798. The Kier molecular flexibility index (Phi) is 5.92. The lowest BCUT2D eigenvalue weighted by Crippen LogP contribution is -2.40. The van der Waals surface area contributed by atoms with Crippen LogP contribution in [0, 0.1) is 11.3 Å². The number of ether oxygens (including phenoxy) is 1. The quantitative estimate of drug-likeness (QED) is 0.707. The van der Waals surface area contributed by atoms with Crippen LogP contribution in [-0.2, 0) is 9.53 Å². The fourth-order valence-corrected chi connectivity index (χ4v) is 2.51. The zero-order chi connectivity index (χ0) is 12.7. The van der Waals surface area contributed by atoms with Crippen molar-refractivity contribution in [1.82, 2.24) is 5.32 Å². The number of carbonyl (C=O) groups excluding carboxylic acids is 1. The fourth-order valence-electron chi connectivity index (χ4n) is 2.51. The summed E-state index contributed by atoms with van der Waals surface area (Å²) < 4.78 is 5.17. The highest BCUT2D eigenvalue weighted by Gasteiger charge is 2.33. The van der Waals surface area contributed by atoms with Gasteiger partial charge in [-0.25, -0.2) is 0 Å². The standard InChI is InChI=1S/C13H26N2O2/c1-11(9-14)12(16)15-10-13(7-8-17-2)5-3-4-6-13/h11H,3-10,14H2,1-2H3,(H,15,16). The molecular formula is C13H26N2O2. The molecule has 0 aromatic heterocycles. The van der Waals surface area contributed by atoms with Gasteiger partial charge in [0.15, 0.2) is 0 Å². The first-order valence-corrected chi connectivity index (χ1v) is 6.60. The molecule has 0 bridgehead atoms. The van der Waals surface area contributed by atoms with E-state index in [1.165, 1.54) is 25.7 Å². The Morgan fingerprint density at radius 2 is 2.12 bits per heavy atom. The molecule has 17 heavy (non-hydrogen) atoms. The summed E-state index contributed by atoms with van der Waals surface area (Å²) >= 11 is 0. The van der Waals surface area contributed by atoms with Gasteiger partial charge in [-0.05, 0) is 24.7 Å². The van der Waals surface area contributed by atoms with Crippen LogP contribution in [0.3, 0.4) is 0 Å². The lowest BCUT2D eigenvalue weighted by molar-refractivity contribution is -0.124.